The third-order valence-corrected chi connectivity index (χ3v) is 4.90. The van der Waals surface area contributed by atoms with E-state index in [-0.39, 0.29) is 5.60 Å². The quantitative estimate of drug-likeness (QED) is 0.503. The van der Waals surface area contributed by atoms with Crippen LogP contribution in [0.15, 0.2) is 12.7 Å². The molecule has 0 aliphatic carbocycles. The minimum Gasteiger partial charge on any atom is -0.375 e. The van der Waals surface area contributed by atoms with Gasteiger partial charge in [0.15, 0.2) is 0 Å². The zero-order valence-electron chi connectivity index (χ0n) is 12.8. The molecule has 0 bridgehead atoms. The van der Waals surface area contributed by atoms with Gasteiger partial charge in [-0.1, -0.05) is 53.5 Å². The Hall–Kier alpha value is -0.300. The van der Waals surface area contributed by atoms with E-state index in [0.29, 0.717) is 11.3 Å². The van der Waals surface area contributed by atoms with Crippen LogP contribution in [0.5, 0.6) is 0 Å². The average Bonchev–Trinajstić information content (AvgIpc) is 2.38. The van der Waals surface area contributed by atoms with Crippen molar-refractivity contribution >= 4 is 0 Å². The Morgan fingerprint density at radius 1 is 1.00 bits per heavy atom. The predicted molar refractivity (Wildman–Crippen MR) is 77.3 cm³/mol. The molecule has 17 heavy (non-hydrogen) atoms. The monoisotopic (exact) mass is 240 g/mol. The van der Waals surface area contributed by atoms with Gasteiger partial charge in [-0.2, -0.15) is 0 Å². The lowest BCUT2D eigenvalue weighted by molar-refractivity contribution is -0.0642. The average molecular weight is 240 g/mol. The minimum atomic E-state index is 0.0314. The fraction of sp³-hybridized carbons (Fsp3) is 0.875. The first-order chi connectivity index (χ1) is 7.91. The van der Waals surface area contributed by atoms with Crippen molar-refractivity contribution < 1.29 is 4.74 Å². The minimum absolute atomic E-state index is 0.0314. The van der Waals surface area contributed by atoms with E-state index in [2.05, 4.69) is 54.2 Å². The first-order valence-electron chi connectivity index (χ1n) is 7.17. The SMILES string of the molecule is C=CC(COC(C)(CC)CC)C(C)(CC)CC. The summed E-state index contributed by atoms with van der Waals surface area (Å²) in [5.41, 5.74) is 0.355. The van der Waals surface area contributed by atoms with Crippen LogP contribution in [0, 0.1) is 11.3 Å². The fourth-order valence-corrected chi connectivity index (χ4v) is 2.07. The maximum Gasteiger partial charge on any atom is 0.0649 e. The van der Waals surface area contributed by atoms with Crippen LogP contribution in [0.1, 0.15) is 67.2 Å². The van der Waals surface area contributed by atoms with E-state index in [1.54, 1.807) is 0 Å². The maximum absolute atomic E-state index is 6.16. The van der Waals surface area contributed by atoms with E-state index < -0.39 is 0 Å². The van der Waals surface area contributed by atoms with Gasteiger partial charge >= 0.3 is 0 Å². The molecule has 1 atom stereocenters. The molecule has 0 fully saturated rings. The van der Waals surface area contributed by atoms with Gasteiger partial charge in [0.05, 0.1) is 12.2 Å². The van der Waals surface area contributed by atoms with Crippen LogP contribution in [0.2, 0.25) is 0 Å². The molecule has 0 rings (SSSR count). The maximum atomic E-state index is 6.16. The number of ether oxygens (including phenoxy) is 1. The molecule has 0 aromatic heterocycles. The summed E-state index contributed by atoms with van der Waals surface area (Å²) in [6.45, 7) is 18.3. The first-order valence-corrected chi connectivity index (χ1v) is 7.17. The topological polar surface area (TPSA) is 9.23 Å². The summed E-state index contributed by atoms with van der Waals surface area (Å²) in [6.07, 6.45) is 6.58. The van der Waals surface area contributed by atoms with Gasteiger partial charge in [-0.25, -0.2) is 0 Å². The van der Waals surface area contributed by atoms with Crippen LogP contribution in [0.3, 0.4) is 0 Å². The Bertz CT molecular complexity index is 212. The van der Waals surface area contributed by atoms with Crippen molar-refractivity contribution in [2.45, 2.75) is 72.8 Å². The summed E-state index contributed by atoms with van der Waals surface area (Å²) in [6, 6.07) is 0. The summed E-state index contributed by atoms with van der Waals surface area (Å²) in [5.74, 6) is 0.454. The van der Waals surface area contributed by atoms with Crippen LogP contribution >= 0.6 is 0 Å². The summed E-state index contributed by atoms with van der Waals surface area (Å²) in [7, 11) is 0. The second kappa shape index (κ2) is 7.20. The molecule has 1 heteroatoms. The second-order valence-electron chi connectivity index (χ2n) is 5.67. The summed E-state index contributed by atoms with van der Waals surface area (Å²) in [5, 5.41) is 0. The molecule has 0 N–H and O–H groups in total. The lowest BCUT2D eigenvalue weighted by Gasteiger charge is -2.37. The Kier molecular flexibility index (Phi) is 7.08. The van der Waals surface area contributed by atoms with Crippen molar-refractivity contribution in [3.63, 3.8) is 0 Å². The molecule has 0 saturated heterocycles. The standard InChI is InChI=1S/C16H32O/c1-8-14(15(6,9-2)10-3)13-17-16(7,11-4)12-5/h8,14H,1,9-13H2,2-7H3. The highest BCUT2D eigenvalue weighted by Gasteiger charge is 2.31. The van der Waals surface area contributed by atoms with Gasteiger partial charge in [-0.05, 0) is 25.2 Å². The van der Waals surface area contributed by atoms with Crippen LogP contribution in [0.4, 0.5) is 0 Å². The molecule has 102 valence electrons. The van der Waals surface area contributed by atoms with E-state index >= 15 is 0 Å². The van der Waals surface area contributed by atoms with Gasteiger partial charge in [-0.3, -0.25) is 0 Å². The van der Waals surface area contributed by atoms with E-state index in [0.717, 1.165) is 19.4 Å². The van der Waals surface area contributed by atoms with Crippen molar-refractivity contribution in [3.05, 3.63) is 12.7 Å². The number of hydrogen-bond acceptors (Lipinski definition) is 1. The molecular weight excluding hydrogens is 208 g/mol. The Labute approximate surface area is 109 Å². The molecule has 0 spiro atoms. The Morgan fingerprint density at radius 3 is 1.76 bits per heavy atom. The lowest BCUT2D eigenvalue weighted by atomic mass is 9.73. The largest absolute Gasteiger partial charge is 0.375 e. The zero-order chi connectivity index (χ0) is 13.5. The second-order valence-corrected chi connectivity index (χ2v) is 5.67. The zero-order valence-corrected chi connectivity index (χ0v) is 12.8. The normalized spacial score (nSPS) is 14.7. The summed E-state index contributed by atoms with van der Waals surface area (Å²) >= 11 is 0. The van der Waals surface area contributed by atoms with E-state index in [9.17, 15) is 0 Å². The molecule has 1 unspecified atom stereocenters. The molecule has 1 nitrogen and oxygen atoms in total. The third kappa shape index (κ3) is 4.46. The van der Waals surface area contributed by atoms with Crippen LogP contribution in [-0.2, 0) is 4.74 Å². The van der Waals surface area contributed by atoms with Gasteiger partial charge in [0.1, 0.15) is 0 Å². The van der Waals surface area contributed by atoms with Crippen molar-refractivity contribution in [2.75, 3.05) is 6.61 Å². The molecule has 0 saturated carbocycles. The Balaban J connectivity index is 4.57. The van der Waals surface area contributed by atoms with E-state index in [1.165, 1.54) is 12.8 Å². The van der Waals surface area contributed by atoms with Crippen LogP contribution < -0.4 is 0 Å². The van der Waals surface area contributed by atoms with E-state index in [1.807, 2.05) is 0 Å². The van der Waals surface area contributed by atoms with Gasteiger partial charge in [0, 0.05) is 5.92 Å². The summed E-state index contributed by atoms with van der Waals surface area (Å²) in [4.78, 5) is 0. The van der Waals surface area contributed by atoms with E-state index in [4.69, 9.17) is 4.74 Å². The Morgan fingerprint density at radius 2 is 1.47 bits per heavy atom. The molecule has 0 aromatic rings. The summed E-state index contributed by atoms with van der Waals surface area (Å²) < 4.78 is 6.16. The molecule has 0 radical (unpaired) electrons. The van der Waals surface area contributed by atoms with Crippen molar-refractivity contribution in [3.8, 4) is 0 Å². The highest BCUT2D eigenvalue weighted by Crippen LogP contribution is 2.36. The third-order valence-electron chi connectivity index (χ3n) is 4.90. The van der Waals surface area contributed by atoms with Crippen molar-refractivity contribution in [1.82, 2.24) is 0 Å². The fourth-order valence-electron chi connectivity index (χ4n) is 2.07. The van der Waals surface area contributed by atoms with Crippen LogP contribution in [-0.4, -0.2) is 12.2 Å². The highest BCUT2D eigenvalue weighted by atomic mass is 16.5. The molecule has 0 heterocycles. The molecule has 0 aliphatic rings. The molecular formula is C16H32O. The van der Waals surface area contributed by atoms with Crippen molar-refractivity contribution in [2.24, 2.45) is 11.3 Å². The van der Waals surface area contributed by atoms with Gasteiger partial charge in [0.25, 0.3) is 0 Å². The molecule has 0 aliphatic heterocycles. The smallest absolute Gasteiger partial charge is 0.0649 e. The first kappa shape index (κ1) is 16.7. The molecule has 0 aromatic carbocycles. The predicted octanol–water partition coefficient (Wildman–Crippen LogP) is 5.21. The lowest BCUT2D eigenvalue weighted by Crippen LogP contribution is -2.34. The highest BCUT2D eigenvalue weighted by molar-refractivity contribution is 4.92. The van der Waals surface area contributed by atoms with Gasteiger partial charge in [0.2, 0.25) is 0 Å². The van der Waals surface area contributed by atoms with Crippen LogP contribution in [0.25, 0.3) is 0 Å². The molecule has 0 amide bonds. The van der Waals surface area contributed by atoms with Gasteiger partial charge in [-0.15, -0.1) is 6.58 Å². The number of rotatable bonds is 9. The van der Waals surface area contributed by atoms with Gasteiger partial charge < -0.3 is 4.74 Å². The number of hydrogen-bond donors (Lipinski definition) is 0. The van der Waals surface area contributed by atoms with Crippen molar-refractivity contribution in [1.29, 1.82) is 0 Å².